The Bertz CT molecular complexity index is 1150. The van der Waals surface area contributed by atoms with Crippen molar-refractivity contribution in [2.45, 2.75) is 12.5 Å². The van der Waals surface area contributed by atoms with E-state index in [2.05, 4.69) is 5.32 Å². The number of nitro benzene ring substituents is 1. The number of halogens is 1. The number of non-ortho nitro benzene ring substituents is 1. The highest BCUT2D eigenvalue weighted by Crippen LogP contribution is 2.13. The number of ether oxygens (including phenoxy) is 1. The summed E-state index contributed by atoms with van der Waals surface area (Å²) < 4.78 is 5.18. The summed E-state index contributed by atoms with van der Waals surface area (Å²) in [6.45, 7) is -0.501. The summed E-state index contributed by atoms with van der Waals surface area (Å²) in [6, 6.07) is 19.0. The highest BCUT2D eigenvalue weighted by molar-refractivity contribution is 6.30. The molecule has 3 aromatic rings. The van der Waals surface area contributed by atoms with Crippen molar-refractivity contribution in [3.63, 3.8) is 0 Å². The monoisotopic (exact) mass is 466 g/mol. The molecule has 0 saturated carbocycles. The average Bonchev–Trinajstić information content (AvgIpc) is 2.83. The van der Waals surface area contributed by atoms with Crippen molar-refractivity contribution in [3.05, 3.63) is 111 Å². The van der Waals surface area contributed by atoms with E-state index in [1.165, 1.54) is 36.4 Å². The van der Waals surface area contributed by atoms with Crippen LogP contribution in [0.2, 0.25) is 5.02 Å². The average molecular weight is 467 g/mol. The van der Waals surface area contributed by atoms with Gasteiger partial charge >= 0.3 is 5.97 Å². The molecule has 0 aliphatic heterocycles. The third kappa shape index (κ3) is 6.72. The first kappa shape index (κ1) is 23.6. The van der Waals surface area contributed by atoms with Gasteiger partial charge in [0, 0.05) is 34.7 Å². The van der Waals surface area contributed by atoms with Crippen LogP contribution in [0.4, 0.5) is 5.69 Å². The number of benzene rings is 3. The minimum atomic E-state index is -1.08. The molecule has 0 spiro atoms. The van der Waals surface area contributed by atoms with Crippen LogP contribution in [0.3, 0.4) is 0 Å². The topological polar surface area (TPSA) is 116 Å². The lowest BCUT2D eigenvalue weighted by molar-refractivity contribution is -0.384. The van der Waals surface area contributed by atoms with Crippen molar-refractivity contribution in [2.24, 2.45) is 0 Å². The van der Waals surface area contributed by atoms with Crippen molar-refractivity contribution >= 4 is 34.9 Å². The Morgan fingerprint density at radius 1 is 0.909 bits per heavy atom. The Morgan fingerprint density at radius 2 is 1.52 bits per heavy atom. The summed E-state index contributed by atoms with van der Waals surface area (Å²) in [5, 5.41) is 13.9. The molecule has 0 fully saturated rings. The minimum absolute atomic E-state index is 0.132. The molecule has 33 heavy (non-hydrogen) atoms. The van der Waals surface area contributed by atoms with Gasteiger partial charge in [-0.2, -0.15) is 0 Å². The molecule has 0 aromatic heterocycles. The van der Waals surface area contributed by atoms with Gasteiger partial charge in [-0.3, -0.25) is 19.7 Å². The molecule has 0 aliphatic rings. The third-order valence-corrected chi connectivity index (χ3v) is 4.98. The number of rotatable bonds is 9. The molecule has 1 amide bonds. The molecule has 168 valence electrons. The Kier molecular flexibility index (Phi) is 7.88. The fraction of sp³-hybridized carbons (Fsp3) is 0.125. The van der Waals surface area contributed by atoms with Gasteiger partial charge in [-0.25, -0.2) is 4.79 Å². The molecule has 3 rings (SSSR count). The third-order valence-electron chi connectivity index (χ3n) is 4.72. The smallest absolute Gasteiger partial charge is 0.329 e. The van der Waals surface area contributed by atoms with Crippen LogP contribution in [0, 0.1) is 10.1 Å². The molecule has 1 N–H and O–H groups in total. The molecule has 0 saturated heterocycles. The zero-order valence-electron chi connectivity index (χ0n) is 17.3. The van der Waals surface area contributed by atoms with Crippen LogP contribution in [0.5, 0.6) is 0 Å². The van der Waals surface area contributed by atoms with Crippen LogP contribution in [0.25, 0.3) is 0 Å². The van der Waals surface area contributed by atoms with Gasteiger partial charge in [-0.15, -0.1) is 0 Å². The Labute approximate surface area is 194 Å². The number of Topliss-reactive ketones (excluding diaryl/α,β-unsaturated/α-hetero) is 1. The van der Waals surface area contributed by atoms with Gasteiger partial charge in [-0.1, -0.05) is 41.9 Å². The molecular weight excluding hydrogens is 448 g/mol. The van der Waals surface area contributed by atoms with Gasteiger partial charge in [0.25, 0.3) is 11.6 Å². The molecule has 8 nitrogen and oxygen atoms in total. The van der Waals surface area contributed by atoms with Gasteiger partial charge < -0.3 is 10.1 Å². The summed E-state index contributed by atoms with van der Waals surface area (Å²) in [5.74, 6) is -1.80. The van der Waals surface area contributed by atoms with E-state index < -0.39 is 35.2 Å². The number of carbonyl (C=O) groups excluding carboxylic acids is 3. The molecule has 1 unspecified atom stereocenters. The van der Waals surface area contributed by atoms with Gasteiger partial charge in [-0.05, 0) is 42.0 Å². The summed E-state index contributed by atoms with van der Waals surface area (Å²) in [5.41, 5.74) is 1.09. The largest absolute Gasteiger partial charge is 0.456 e. The molecule has 0 radical (unpaired) electrons. The normalized spacial score (nSPS) is 11.3. The zero-order chi connectivity index (χ0) is 23.8. The first-order valence-electron chi connectivity index (χ1n) is 9.88. The Balaban J connectivity index is 1.70. The number of amides is 1. The van der Waals surface area contributed by atoms with E-state index in [1.807, 2.05) is 6.07 Å². The number of ketones is 1. The molecule has 0 heterocycles. The quantitative estimate of drug-likeness (QED) is 0.220. The van der Waals surface area contributed by atoms with Crippen molar-refractivity contribution in [1.82, 2.24) is 5.32 Å². The fourth-order valence-electron chi connectivity index (χ4n) is 2.98. The zero-order valence-corrected chi connectivity index (χ0v) is 18.0. The number of hydrogen-bond donors (Lipinski definition) is 1. The van der Waals surface area contributed by atoms with E-state index in [-0.39, 0.29) is 17.7 Å². The van der Waals surface area contributed by atoms with Crippen LogP contribution in [0.1, 0.15) is 26.3 Å². The van der Waals surface area contributed by atoms with E-state index in [1.54, 1.807) is 36.4 Å². The Hall–Kier alpha value is -4.04. The van der Waals surface area contributed by atoms with Crippen LogP contribution in [-0.4, -0.2) is 35.2 Å². The van der Waals surface area contributed by atoms with E-state index in [4.69, 9.17) is 16.3 Å². The van der Waals surface area contributed by atoms with E-state index in [0.29, 0.717) is 10.6 Å². The number of esters is 1. The number of carbonyl (C=O) groups is 3. The van der Waals surface area contributed by atoms with Crippen molar-refractivity contribution < 1.29 is 24.0 Å². The second-order valence-corrected chi connectivity index (χ2v) is 7.49. The second kappa shape index (κ2) is 11.0. The fourth-order valence-corrected chi connectivity index (χ4v) is 3.10. The molecule has 0 bridgehead atoms. The maximum absolute atomic E-state index is 12.7. The van der Waals surface area contributed by atoms with Gasteiger partial charge in [0.1, 0.15) is 6.04 Å². The van der Waals surface area contributed by atoms with Gasteiger partial charge in [0.2, 0.25) is 0 Å². The van der Waals surface area contributed by atoms with E-state index in [0.717, 1.165) is 5.56 Å². The molecule has 3 aromatic carbocycles. The predicted molar refractivity (Wildman–Crippen MR) is 121 cm³/mol. The summed E-state index contributed by atoms with van der Waals surface area (Å²) in [4.78, 5) is 47.9. The van der Waals surface area contributed by atoms with Gasteiger partial charge in [0.15, 0.2) is 12.4 Å². The van der Waals surface area contributed by atoms with Gasteiger partial charge in [0.05, 0.1) is 4.92 Å². The minimum Gasteiger partial charge on any atom is -0.456 e. The SMILES string of the molecule is O=C(COC(=O)C(Cc1ccccc1)NC(=O)c1ccc([N+](=O)[O-])cc1)c1ccc(Cl)cc1. The van der Waals surface area contributed by atoms with Crippen LogP contribution < -0.4 is 5.32 Å². The highest BCUT2D eigenvalue weighted by atomic mass is 35.5. The van der Waals surface area contributed by atoms with Crippen molar-refractivity contribution in [3.8, 4) is 0 Å². The predicted octanol–water partition coefficient (Wildman–Crippen LogP) is 4.02. The lowest BCUT2D eigenvalue weighted by atomic mass is 10.1. The molecule has 1 atom stereocenters. The van der Waals surface area contributed by atoms with Crippen LogP contribution in [-0.2, 0) is 16.0 Å². The van der Waals surface area contributed by atoms with Crippen LogP contribution >= 0.6 is 11.6 Å². The summed E-state index contributed by atoms with van der Waals surface area (Å²) in [7, 11) is 0. The summed E-state index contributed by atoms with van der Waals surface area (Å²) in [6.07, 6.45) is 0.132. The number of hydrogen-bond acceptors (Lipinski definition) is 6. The highest BCUT2D eigenvalue weighted by Gasteiger charge is 2.24. The number of nitrogens with zero attached hydrogens (tertiary/aromatic N) is 1. The van der Waals surface area contributed by atoms with E-state index >= 15 is 0 Å². The molecule has 9 heteroatoms. The van der Waals surface area contributed by atoms with Crippen molar-refractivity contribution in [1.29, 1.82) is 0 Å². The Morgan fingerprint density at radius 3 is 2.12 bits per heavy atom. The first-order valence-corrected chi connectivity index (χ1v) is 10.3. The molecular formula is C24H19ClN2O6. The number of nitrogens with one attached hydrogen (secondary N) is 1. The maximum Gasteiger partial charge on any atom is 0.329 e. The van der Waals surface area contributed by atoms with E-state index in [9.17, 15) is 24.5 Å². The lowest BCUT2D eigenvalue weighted by Gasteiger charge is -2.18. The van der Waals surface area contributed by atoms with Crippen LogP contribution in [0.15, 0.2) is 78.9 Å². The second-order valence-electron chi connectivity index (χ2n) is 7.06. The maximum atomic E-state index is 12.7. The lowest BCUT2D eigenvalue weighted by Crippen LogP contribution is -2.43. The van der Waals surface area contributed by atoms with Crippen molar-refractivity contribution in [2.75, 3.05) is 6.61 Å². The standard InChI is InChI=1S/C24H19ClN2O6/c25-19-10-6-17(7-11-19)22(28)15-33-24(30)21(14-16-4-2-1-3-5-16)26-23(29)18-8-12-20(13-9-18)27(31)32/h1-13,21H,14-15H2,(H,26,29). The first-order chi connectivity index (χ1) is 15.8. The number of nitro groups is 1. The summed E-state index contributed by atoms with van der Waals surface area (Å²) >= 11 is 5.82. The molecule has 0 aliphatic carbocycles.